The molecule has 0 saturated carbocycles. The molecule has 0 N–H and O–H groups in total. The first kappa shape index (κ1) is 17.2. The number of nitrogens with zero attached hydrogens (tertiary/aromatic N) is 2. The minimum absolute atomic E-state index is 0.118. The number of likely N-dealkylation sites (tertiary alicyclic amines) is 1. The smallest absolute Gasteiger partial charge is 0.225 e. The predicted octanol–water partition coefficient (Wildman–Crippen LogP) is 1.91. The molecule has 5 nitrogen and oxygen atoms in total. The Morgan fingerprint density at radius 2 is 1.96 bits per heavy atom. The number of rotatable bonds is 4. The predicted molar refractivity (Wildman–Crippen MR) is 88.4 cm³/mol. The lowest BCUT2D eigenvalue weighted by Gasteiger charge is -2.35. The fourth-order valence-corrected chi connectivity index (χ4v) is 3.45. The number of carbonyl (C=O) groups excluding carboxylic acids is 1. The summed E-state index contributed by atoms with van der Waals surface area (Å²) in [5.74, 6) is 0.335. The van der Waals surface area contributed by atoms with Crippen LogP contribution in [0, 0.1) is 11.7 Å². The summed E-state index contributed by atoms with van der Waals surface area (Å²) in [5, 5.41) is 0. The van der Waals surface area contributed by atoms with E-state index in [1.807, 2.05) is 11.0 Å². The van der Waals surface area contributed by atoms with E-state index in [1.165, 1.54) is 13.2 Å². The Morgan fingerprint density at radius 1 is 1.25 bits per heavy atom. The van der Waals surface area contributed by atoms with Crippen molar-refractivity contribution in [2.24, 2.45) is 5.92 Å². The number of carbonyl (C=O) groups is 1. The molecule has 0 unspecified atom stereocenters. The maximum atomic E-state index is 13.8. The van der Waals surface area contributed by atoms with Gasteiger partial charge in [0.15, 0.2) is 11.6 Å². The summed E-state index contributed by atoms with van der Waals surface area (Å²) in [6.07, 6.45) is 1.74. The molecular formula is C18H25FN2O3. The van der Waals surface area contributed by atoms with E-state index in [-0.39, 0.29) is 23.4 Å². The molecule has 3 rings (SSSR count). The molecule has 0 aliphatic carbocycles. The average Bonchev–Trinajstić information content (AvgIpc) is 2.63. The first-order valence-corrected chi connectivity index (χ1v) is 8.58. The molecule has 0 aromatic heterocycles. The highest BCUT2D eigenvalue weighted by Gasteiger charge is 2.29. The number of methoxy groups -OCH3 is 1. The molecule has 0 spiro atoms. The summed E-state index contributed by atoms with van der Waals surface area (Å²) in [6.45, 7) is 5.16. The van der Waals surface area contributed by atoms with Crippen molar-refractivity contribution in [1.82, 2.24) is 9.80 Å². The van der Waals surface area contributed by atoms with Crippen molar-refractivity contribution in [3.8, 4) is 5.75 Å². The van der Waals surface area contributed by atoms with Gasteiger partial charge in [-0.2, -0.15) is 0 Å². The number of benzene rings is 1. The van der Waals surface area contributed by atoms with E-state index in [1.54, 1.807) is 6.07 Å². The van der Waals surface area contributed by atoms with Crippen LogP contribution in [0.15, 0.2) is 18.2 Å². The first-order chi connectivity index (χ1) is 11.7. The number of piperidine rings is 1. The van der Waals surface area contributed by atoms with E-state index in [0.717, 1.165) is 31.5 Å². The standard InChI is InChI=1S/C18H25FN2O3/c1-23-17-3-2-14(12-16(17)19)13-20-6-4-15(5-7-20)18(22)21-8-10-24-11-9-21/h2-3,12,15H,4-11,13H2,1H3. The van der Waals surface area contributed by atoms with Crippen LogP contribution in [-0.4, -0.2) is 62.2 Å². The van der Waals surface area contributed by atoms with E-state index >= 15 is 0 Å². The molecule has 1 aromatic carbocycles. The van der Waals surface area contributed by atoms with Gasteiger partial charge in [-0.3, -0.25) is 9.69 Å². The zero-order chi connectivity index (χ0) is 16.9. The van der Waals surface area contributed by atoms with E-state index in [9.17, 15) is 9.18 Å². The third kappa shape index (κ3) is 4.05. The Labute approximate surface area is 142 Å². The van der Waals surface area contributed by atoms with Gasteiger partial charge in [-0.15, -0.1) is 0 Å². The zero-order valence-corrected chi connectivity index (χ0v) is 14.2. The van der Waals surface area contributed by atoms with Crippen LogP contribution in [0.25, 0.3) is 0 Å². The van der Waals surface area contributed by atoms with Crippen LogP contribution in [0.1, 0.15) is 18.4 Å². The van der Waals surface area contributed by atoms with Gasteiger partial charge in [0.2, 0.25) is 5.91 Å². The van der Waals surface area contributed by atoms with E-state index in [2.05, 4.69) is 4.90 Å². The molecule has 2 heterocycles. The van der Waals surface area contributed by atoms with E-state index in [4.69, 9.17) is 9.47 Å². The summed E-state index contributed by atoms with van der Waals surface area (Å²) < 4.78 is 24.0. The Hall–Kier alpha value is -1.66. The molecule has 2 fully saturated rings. The van der Waals surface area contributed by atoms with Crippen molar-refractivity contribution in [3.63, 3.8) is 0 Å². The Morgan fingerprint density at radius 3 is 2.58 bits per heavy atom. The molecule has 1 amide bonds. The summed E-state index contributed by atoms with van der Waals surface area (Å²) in [7, 11) is 1.47. The lowest BCUT2D eigenvalue weighted by molar-refractivity contribution is -0.141. The first-order valence-electron chi connectivity index (χ1n) is 8.58. The van der Waals surface area contributed by atoms with Gasteiger partial charge in [0.25, 0.3) is 0 Å². The van der Waals surface area contributed by atoms with Crippen LogP contribution in [-0.2, 0) is 16.1 Å². The summed E-state index contributed by atoms with van der Waals surface area (Å²) in [4.78, 5) is 16.7. The molecule has 132 valence electrons. The van der Waals surface area contributed by atoms with Crippen LogP contribution in [0.3, 0.4) is 0 Å². The maximum absolute atomic E-state index is 13.8. The minimum atomic E-state index is -0.326. The van der Waals surface area contributed by atoms with Crippen LogP contribution < -0.4 is 4.74 Å². The van der Waals surface area contributed by atoms with Gasteiger partial charge in [0.05, 0.1) is 20.3 Å². The molecule has 2 saturated heterocycles. The number of morpholine rings is 1. The van der Waals surface area contributed by atoms with Crippen LogP contribution in [0.2, 0.25) is 0 Å². The molecular weight excluding hydrogens is 311 g/mol. The lowest BCUT2D eigenvalue weighted by Crippen LogP contribution is -2.46. The van der Waals surface area contributed by atoms with Crippen molar-refractivity contribution in [2.75, 3.05) is 46.5 Å². The number of halogens is 1. The highest BCUT2D eigenvalue weighted by molar-refractivity contribution is 5.79. The zero-order valence-electron chi connectivity index (χ0n) is 14.2. The number of hydrogen-bond donors (Lipinski definition) is 0. The molecule has 1 aromatic rings. The molecule has 2 aliphatic rings. The van der Waals surface area contributed by atoms with Crippen LogP contribution in [0.5, 0.6) is 5.75 Å². The quantitative estimate of drug-likeness (QED) is 0.842. The molecule has 2 aliphatic heterocycles. The van der Waals surface area contributed by atoms with E-state index in [0.29, 0.717) is 32.8 Å². The summed E-state index contributed by atoms with van der Waals surface area (Å²) in [5.41, 5.74) is 0.936. The monoisotopic (exact) mass is 336 g/mol. The third-order valence-electron chi connectivity index (χ3n) is 4.88. The van der Waals surface area contributed by atoms with Crippen molar-refractivity contribution < 1.29 is 18.7 Å². The van der Waals surface area contributed by atoms with Crippen LogP contribution in [0.4, 0.5) is 4.39 Å². The highest BCUT2D eigenvalue weighted by Crippen LogP contribution is 2.23. The molecule has 0 atom stereocenters. The molecule has 24 heavy (non-hydrogen) atoms. The highest BCUT2D eigenvalue weighted by atomic mass is 19.1. The van der Waals surface area contributed by atoms with Crippen molar-refractivity contribution >= 4 is 5.91 Å². The van der Waals surface area contributed by atoms with Gasteiger partial charge >= 0.3 is 0 Å². The normalized spacial score (nSPS) is 20.2. The van der Waals surface area contributed by atoms with E-state index < -0.39 is 0 Å². The van der Waals surface area contributed by atoms with Crippen molar-refractivity contribution in [1.29, 1.82) is 0 Å². The van der Waals surface area contributed by atoms with Gasteiger partial charge in [0, 0.05) is 25.6 Å². The Bertz CT molecular complexity index is 567. The largest absolute Gasteiger partial charge is 0.494 e. The van der Waals surface area contributed by atoms with Gasteiger partial charge < -0.3 is 14.4 Å². The fourth-order valence-electron chi connectivity index (χ4n) is 3.45. The Balaban J connectivity index is 1.49. The van der Waals surface area contributed by atoms with Gasteiger partial charge in [0.1, 0.15) is 0 Å². The van der Waals surface area contributed by atoms with Crippen molar-refractivity contribution in [3.05, 3.63) is 29.6 Å². The SMILES string of the molecule is COc1ccc(CN2CCC(C(=O)N3CCOCC3)CC2)cc1F. The summed E-state index contributed by atoms with van der Waals surface area (Å²) >= 11 is 0. The van der Waals surface area contributed by atoms with Gasteiger partial charge in [-0.05, 0) is 43.6 Å². The number of amides is 1. The third-order valence-corrected chi connectivity index (χ3v) is 4.88. The van der Waals surface area contributed by atoms with Crippen molar-refractivity contribution in [2.45, 2.75) is 19.4 Å². The minimum Gasteiger partial charge on any atom is -0.494 e. The maximum Gasteiger partial charge on any atom is 0.225 e. The fraction of sp³-hybridized carbons (Fsp3) is 0.611. The van der Waals surface area contributed by atoms with Gasteiger partial charge in [-0.25, -0.2) is 4.39 Å². The molecule has 0 bridgehead atoms. The Kier molecular flexibility index (Phi) is 5.68. The molecule has 6 heteroatoms. The second-order valence-electron chi connectivity index (χ2n) is 6.46. The second kappa shape index (κ2) is 7.94. The van der Waals surface area contributed by atoms with Crippen LogP contribution >= 0.6 is 0 Å². The second-order valence-corrected chi connectivity index (χ2v) is 6.46. The molecule has 0 radical (unpaired) electrons. The topological polar surface area (TPSA) is 42.0 Å². The number of hydrogen-bond acceptors (Lipinski definition) is 4. The average molecular weight is 336 g/mol. The summed E-state index contributed by atoms with van der Waals surface area (Å²) in [6, 6.07) is 5.09. The number of ether oxygens (including phenoxy) is 2. The van der Waals surface area contributed by atoms with Gasteiger partial charge in [-0.1, -0.05) is 6.07 Å². The lowest BCUT2D eigenvalue weighted by atomic mass is 9.94.